The fraction of sp³-hybridized carbons (Fsp3) is 0.417. The normalized spacial score (nSPS) is 13.9. The van der Waals surface area contributed by atoms with Crippen LogP contribution >= 0.6 is 0 Å². The lowest BCUT2D eigenvalue weighted by Crippen LogP contribution is -2.25. The van der Waals surface area contributed by atoms with Gasteiger partial charge < -0.3 is 9.84 Å². The Kier molecular flexibility index (Phi) is 4.87. The first-order valence-corrected chi connectivity index (χ1v) is 5.50. The van der Waals surface area contributed by atoms with Gasteiger partial charge in [0.25, 0.3) is 0 Å². The monoisotopic (exact) mass is 316 g/mol. The minimum Gasteiger partial charge on any atom is -0.467 e. The molecular weight excluding hydrogens is 306 g/mol. The summed E-state index contributed by atoms with van der Waals surface area (Å²) in [7, 11) is 0.920. The molecule has 21 heavy (non-hydrogen) atoms. The third-order valence-corrected chi connectivity index (χ3v) is 2.63. The number of hydrogen-bond acceptors (Lipinski definition) is 3. The third kappa shape index (κ3) is 4.35. The van der Waals surface area contributed by atoms with Crippen molar-refractivity contribution in [2.45, 2.75) is 24.9 Å². The van der Waals surface area contributed by atoms with Gasteiger partial charge in [-0.15, -0.1) is 0 Å². The lowest BCUT2D eigenvalue weighted by atomic mass is 9.98. The van der Waals surface area contributed by atoms with Crippen LogP contribution in [0.25, 0.3) is 0 Å². The summed E-state index contributed by atoms with van der Waals surface area (Å²) in [6.07, 6.45) is -12.7. The van der Waals surface area contributed by atoms with Crippen LogP contribution in [0.1, 0.15) is 16.7 Å². The Morgan fingerprint density at radius 2 is 1.76 bits per heavy atom. The Morgan fingerprint density at radius 1 is 1.19 bits per heavy atom. The predicted molar refractivity (Wildman–Crippen MR) is 58.2 cm³/mol. The van der Waals surface area contributed by atoms with E-state index in [9.17, 15) is 36.2 Å². The molecule has 1 unspecified atom stereocenters. The predicted octanol–water partition coefficient (Wildman–Crippen LogP) is 2.80. The summed E-state index contributed by atoms with van der Waals surface area (Å²) in [6.45, 7) is 0. The maximum Gasteiger partial charge on any atom is 0.416 e. The van der Waals surface area contributed by atoms with Gasteiger partial charge in [-0.2, -0.15) is 26.3 Å². The molecule has 1 aromatic carbocycles. The summed E-state index contributed by atoms with van der Waals surface area (Å²) in [5, 5.41) is 9.33. The molecule has 118 valence electrons. The average Bonchev–Trinajstić information content (AvgIpc) is 2.35. The molecule has 0 spiro atoms. The molecule has 0 aromatic heterocycles. The molecule has 1 rings (SSSR count). The zero-order chi connectivity index (χ0) is 16.4. The zero-order valence-corrected chi connectivity index (χ0v) is 10.5. The summed E-state index contributed by atoms with van der Waals surface area (Å²) < 4.78 is 79.8. The van der Waals surface area contributed by atoms with E-state index in [4.69, 9.17) is 0 Å². The number of aliphatic hydroxyl groups excluding tert-OH is 1. The van der Waals surface area contributed by atoms with Crippen molar-refractivity contribution in [3.63, 3.8) is 0 Å². The fourth-order valence-electron chi connectivity index (χ4n) is 1.62. The Bertz CT molecular complexity index is 521. The Labute approximate surface area is 115 Å². The Hall–Kier alpha value is -1.77. The number of ether oxygens (including phenoxy) is 1. The molecule has 1 N–H and O–H groups in total. The maximum absolute atomic E-state index is 12.8. The molecule has 0 heterocycles. The van der Waals surface area contributed by atoms with E-state index in [0.29, 0.717) is 12.1 Å². The van der Waals surface area contributed by atoms with E-state index in [1.807, 2.05) is 0 Å². The topological polar surface area (TPSA) is 46.5 Å². The molecule has 0 saturated heterocycles. The average molecular weight is 316 g/mol. The van der Waals surface area contributed by atoms with Crippen LogP contribution in [-0.2, 0) is 28.3 Å². The maximum atomic E-state index is 12.8. The number of esters is 1. The minimum absolute atomic E-state index is 0.0562. The summed E-state index contributed by atoms with van der Waals surface area (Å²) in [5.74, 6) is -1.18. The number of alkyl halides is 6. The molecule has 0 aliphatic heterocycles. The molecule has 0 radical (unpaired) electrons. The number of benzene rings is 1. The first kappa shape index (κ1) is 17.3. The smallest absolute Gasteiger partial charge is 0.416 e. The van der Waals surface area contributed by atoms with Crippen LogP contribution in [0.4, 0.5) is 26.3 Å². The standard InChI is InChI=1S/C12H10F6O3/c1-21-10(20)9(19)4-6-2-3-7(11(13,14)15)5-8(6)12(16,17)18/h2-3,5,9,19H,4H2,1H3. The van der Waals surface area contributed by atoms with Crippen molar-refractivity contribution in [3.05, 3.63) is 34.9 Å². The van der Waals surface area contributed by atoms with Crippen molar-refractivity contribution < 1.29 is 41.0 Å². The van der Waals surface area contributed by atoms with Crippen molar-refractivity contribution in [2.75, 3.05) is 7.11 Å². The molecule has 9 heteroatoms. The van der Waals surface area contributed by atoms with E-state index in [0.717, 1.165) is 7.11 Å². The minimum atomic E-state index is -5.05. The largest absolute Gasteiger partial charge is 0.467 e. The Balaban J connectivity index is 3.24. The van der Waals surface area contributed by atoms with Crippen LogP contribution in [0.15, 0.2) is 18.2 Å². The van der Waals surface area contributed by atoms with Crippen LogP contribution < -0.4 is 0 Å². The molecule has 0 bridgehead atoms. The van der Waals surface area contributed by atoms with Gasteiger partial charge in [0.2, 0.25) is 0 Å². The summed E-state index contributed by atoms with van der Waals surface area (Å²) >= 11 is 0. The van der Waals surface area contributed by atoms with Crippen molar-refractivity contribution >= 4 is 5.97 Å². The van der Waals surface area contributed by atoms with E-state index in [1.165, 1.54) is 0 Å². The highest BCUT2D eigenvalue weighted by molar-refractivity contribution is 5.74. The first-order chi connectivity index (χ1) is 9.46. The van der Waals surface area contributed by atoms with E-state index >= 15 is 0 Å². The number of halogens is 6. The van der Waals surface area contributed by atoms with E-state index in [-0.39, 0.29) is 6.07 Å². The van der Waals surface area contributed by atoms with E-state index in [1.54, 1.807) is 0 Å². The molecule has 0 amide bonds. The number of methoxy groups -OCH3 is 1. The molecule has 0 aliphatic rings. The quantitative estimate of drug-likeness (QED) is 0.689. The fourth-order valence-corrected chi connectivity index (χ4v) is 1.62. The number of aliphatic hydroxyl groups is 1. The van der Waals surface area contributed by atoms with Gasteiger partial charge in [0, 0.05) is 6.42 Å². The van der Waals surface area contributed by atoms with Crippen molar-refractivity contribution in [1.82, 2.24) is 0 Å². The van der Waals surface area contributed by atoms with Gasteiger partial charge in [-0.25, -0.2) is 4.79 Å². The summed E-state index contributed by atoms with van der Waals surface area (Å²) in [4.78, 5) is 11.0. The lowest BCUT2D eigenvalue weighted by molar-refractivity contribution is -0.151. The van der Waals surface area contributed by atoms with Gasteiger partial charge >= 0.3 is 18.3 Å². The number of rotatable bonds is 3. The summed E-state index contributed by atoms with van der Waals surface area (Å²) in [5.41, 5.74) is -3.65. The zero-order valence-electron chi connectivity index (χ0n) is 10.5. The SMILES string of the molecule is COC(=O)C(O)Cc1ccc(C(F)(F)F)cc1C(F)(F)F. The second-order valence-electron chi connectivity index (χ2n) is 4.11. The molecule has 0 fully saturated rings. The van der Waals surface area contributed by atoms with Crippen molar-refractivity contribution in [1.29, 1.82) is 0 Å². The van der Waals surface area contributed by atoms with Gasteiger partial charge in [0.1, 0.15) is 0 Å². The van der Waals surface area contributed by atoms with Gasteiger partial charge in [0.05, 0.1) is 18.2 Å². The highest BCUT2D eigenvalue weighted by Crippen LogP contribution is 2.37. The Morgan fingerprint density at radius 3 is 2.19 bits per heavy atom. The lowest BCUT2D eigenvalue weighted by Gasteiger charge is -2.17. The van der Waals surface area contributed by atoms with Crippen LogP contribution in [0, 0.1) is 0 Å². The van der Waals surface area contributed by atoms with Gasteiger partial charge in [-0.3, -0.25) is 0 Å². The van der Waals surface area contributed by atoms with E-state index in [2.05, 4.69) is 4.74 Å². The van der Waals surface area contributed by atoms with Crippen molar-refractivity contribution in [3.8, 4) is 0 Å². The van der Waals surface area contributed by atoms with Crippen molar-refractivity contribution in [2.24, 2.45) is 0 Å². The second kappa shape index (κ2) is 5.92. The molecular formula is C12H10F6O3. The second-order valence-corrected chi connectivity index (χ2v) is 4.11. The van der Waals surface area contributed by atoms with Crippen LogP contribution in [0.3, 0.4) is 0 Å². The summed E-state index contributed by atoms with van der Waals surface area (Å²) in [6, 6.07) is 0.978. The highest BCUT2D eigenvalue weighted by Gasteiger charge is 2.38. The van der Waals surface area contributed by atoms with Gasteiger partial charge in [0.15, 0.2) is 6.10 Å². The third-order valence-electron chi connectivity index (χ3n) is 2.63. The van der Waals surface area contributed by atoms with Gasteiger partial charge in [-0.05, 0) is 17.7 Å². The van der Waals surface area contributed by atoms with Crippen LogP contribution in [0.5, 0.6) is 0 Å². The highest BCUT2D eigenvalue weighted by atomic mass is 19.4. The molecule has 3 nitrogen and oxygen atoms in total. The number of hydrogen-bond donors (Lipinski definition) is 1. The van der Waals surface area contributed by atoms with Crippen LogP contribution in [-0.4, -0.2) is 24.3 Å². The molecule has 1 atom stereocenters. The van der Waals surface area contributed by atoms with E-state index < -0.39 is 47.5 Å². The van der Waals surface area contributed by atoms with Gasteiger partial charge in [-0.1, -0.05) is 6.07 Å². The first-order valence-electron chi connectivity index (χ1n) is 5.50. The molecule has 0 saturated carbocycles. The molecule has 0 aliphatic carbocycles. The number of carbonyl (C=O) groups excluding carboxylic acids is 1. The van der Waals surface area contributed by atoms with Crippen LogP contribution in [0.2, 0.25) is 0 Å². The molecule has 1 aromatic rings. The number of carbonyl (C=O) groups is 1.